The molecule has 1 fully saturated rings. The van der Waals surface area contributed by atoms with Crippen LogP contribution in [0.5, 0.6) is 0 Å². The van der Waals surface area contributed by atoms with Crippen molar-refractivity contribution < 1.29 is 23.9 Å². The molecule has 2 aliphatic carbocycles. The van der Waals surface area contributed by atoms with E-state index in [9.17, 15) is 14.4 Å². The Balaban J connectivity index is 2.48. The molecular weight excluding hydrogens is 344 g/mol. The van der Waals surface area contributed by atoms with Gasteiger partial charge in [0.2, 0.25) is 0 Å². The summed E-state index contributed by atoms with van der Waals surface area (Å²) in [6.07, 6.45) is 2.17. The fourth-order valence-electron chi connectivity index (χ4n) is 4.33. The molecule has 0 aromatic rings. The second kappa shape index (κ2) is 7.70. The normalized spacial score (nSPS) is 32.0. The Bertz CT molecular complexity index is 714. The summed E-state index contributed by atoms with van der Waals surface area (Å²) < 4.78 is 11.4. The number of hydrogen-bond acceptors (Lipinski definition) is 5. The van der Waals surface area contributed by atoms with E-state index in [1.165, 1.54) is 0 Å². The van der Waals surface area contributed by atoms with Crippen LogP contribution in [0.3, 0.4) is 0 Å². The van der Waals surface area contributed by atoms with Crippen LogP contribution in [0.25, 0.3) is 0 Å². The van der Waals surface area contributed by atoms with Crippen LogP contribution in [0.4, 0.5) is 0 Å². The van der Waals surface area contributed by atoms with Crippen molar-refractivity contribution in [2.45, 2.75) is 79.4 Å². The van der Waals surface area contributed by atoms with Gasteiger partial charge in [-0.15, -0.1) is 0 Å². The summed E-state index contributed by atoms with van der Waals surface area (Å²) in [4.78, 5) is 38.6. The zero-order valence-electron chi connectivity index (χ0n) is 17.6. The summed E-state index contributed by atoms with van der Waals surface area (Å²) in [5, 5.41) is 0. The Morgan fingerprint density at radius 2 is 1.89 bits per heavy atom. The van der Waals surface area contributed by atoms with Crippen LogP contribution in [0.2, 0.25) is 0 Å². The van der Waals surface area contributed by atoms with Crippen LogP contribution < -0.4 is 0 Å². The zero-order valence-corrected chi connectivity index (χ0v) is 17.6. The predicted molar refractivity (Wildman–Crippen MR) is 103 cm³/mol. The maximum absolute atomic E-state index is 13.3. The van der Waals surface area contributed by atoms with Crippen LogP contribution in [0, 0.1) is 11.3 Å². The third-order valence-electron chi connectivity index (χ3n) is 5.86. The zero-order chi connectivity index (χ0) is 20.6. The quantitative estimate of drug-likeness (QED) is 0.537. The SMILES string of the molecule is CC=C(C)C(=O)O[C@@]1(C)CC(=O)C2=C(C(C)C)[C@@H](OCC)C[C@]2(C)CC1=O. The van der Waals surface area contributed by atoms with Gasteiger partial charge in [0, 0.05) is 29.6 Å². The summed E-state index contributed by atoms with van der Waals surface area (Å²) >= 11 is 0. The van der Waals surface area contributed by atoms with E-state index in [2.05, 4.69) is 13.8 Å². The number of ketones is 2. The third-order valence-corrected chi connectivity index (χ3v) is 5.86. The van der Waals surface area contributed by atoms with E-state index in [0.29, 0.717) is 24.2 Å². The third kappa shape index (κ3) is 3.93. The van der Waals surface area contributed by atoms with Gasteiger partial charge in [0.25, 0.3) is 0 Å². The molecule has 0 heterocycles. The minimum absolute atomic E-state index is 0.109. The molecule has 0 aromatic heterocycles. The molecule has 0 saturated heterocycles. The molecule has 0 radical (unpaired) electrons. The lowest BCUT2D eigenvalue weighted by atomic mass is 9.77. The van der Waals surface area contributed by atoms with E-state index in [0.717, 1.165) is 5.57 Å². The highest BCUT2D eigenvalue weighted by atomic mass is 16.6. The number of hydrogen-bond donors (Lipinski definition) is 0. The van der Waals surface area contributed by atoms with Crippen molar-refractivity contribution in [1.29, 1.82) is 0 Å². The molecule has 0 N–H and O–H groups in total. The number of fused-ring (bicyclic) bond motifs is 1. The Morgan fingerprint density at radius 3 is 2.41 bits per heavy atom. The molecule has 2 rings (SSSR count). The fourth-order valence-corrected chi connectivity index (χ4v) is 4.33. The number of Topliss-reactive ketones (excluding diaryl/α,β-unsaturated/α-hetero) is 2. The molecule has 5 heteroatoms. The Morgan fingerprint density at radius 1 is 1.26 bits per heavy atom. The van der Waals surface area contributed by atoms with E-state index in [1.54, 1.807) is 26.8 Å². The molecule has 3 atom stereocenters. The first-order valence-corrected chi connectivity index (χ1v) is 9.78. The van der Waals surface area contributed by atoms with Crippen molar-refractivity contribution in [3.05, 3.63) is 22.8 Å². The first-order valence-electron chi connectivity index (χ1n) is 9.78. The van der Waals surface area contributed by atoms with E-state index in [4.69, 9.17) is 9.47 Å². The Hall–Kier alpha value is -1.75. The Kier molecular flexibility index (Phi) is 6.15. The summed E-state index contributed by atoms with van der Waals surface area (Å²) in [5.41, 5.74) is 0.130. The summed E-state index contributed by atoms with van der Waals surface area (Å²) in [6, 6.07) is 0. The molecule has 0 spiro atoms. The highest BCUT2D eigenvalue weighted by molar-refractivity contribution is 6.07. The molecule has 27 heavy (non-hydrogen) atoms. The number of allylic oxidation sites excluding steroid dienone is 2. The average Bonchev–Trinajstić information content (AvgIpc) is 2.82. The van der Waals surface area contributed by atoms with E-state index in [1.807, 2.05) is 13.8 Å². The van der Waals surface area contributed by atoms with Crippen molar-refractivity contribution in [1.82, 2.24) is 0 Å². The maximum atomic E-state index is 13.3. The van der Waals surface area contributed by atoms with E-state index >= 15 is 0 Å². The lowest BCUT2D eigenvalue weighted by Gasteiger charge is -2.28. The van der Waals surface area contributed by atoms with Gasteiger partial charge in [-0.25, -0.2) is 4.79 Å². The van der Waals surface area contributed by atoms with E-state index < -0.39 is 17.0 Å². The smallest absolute Gasteiger partial charge is 0.334 e. The standard InChI is InChI=1S/C22H32O5/c1-8-14(5)20(25)27-22(7)10-15(23)19-18(13(3)4)16(26-9-2)11-21(19,6)12-17(22)24/h8,13,16H,9-12H2,1-7H3/t16-,21+,22-/m0/s1. The van der Waals surface area contributed by atoms with Crippen LogP contribution in [0.1, 0.15) is 67.7 Å². The molecule has 0 bridgehead atoms. The van der Waals surface area contributed by atoms with Gasteiger partial charge in [0.15, 0.2) is 17.2 Å². The Labute approximate surface area is 162 Å². The van der Waals surface area contributed by atoms with Crippen LogP contribution in [-0.4, -0.2) is 35.8 Å². The van der Waals surface area contributed by atoms with Crippen molar-refractivity contribution in [2.24, 2.45) is 11.3 Å². The van der Waals surface area contributed by atoms with Gasteiger partial charge < -0.3 is 9.47 Å². The molecule has 1 saturated carbocycles. The molecule has 0 aliphatic heterocycles. The predicted octanol–water partition coefficient (Wildman–Crippen LogP) is 3.95. The largest absolute Gasteiger partial charge is 0.448 e. The monoisotopic (exact) mass is 376 g/mol. The molecule has 150 valence electrons. The van der Waals surface area contributed by atoms with Gasteiger partial charge >= 0.3 is 5.97 Å². The minimum atomic E-state index is -1.43. The topological polar surface area (TPSA) is 69.7 Å². The molecule has 0 aromatic carbocycles. The van der Waals surface area contributed by atoms with Crippen LogP contribution >= 0.6 is 0 Å². The first-order chi connectivity index (χ1) is 12.5. The highest BCUT2D eigenvalue weighted by Crippen LogP contribution is 2.52. The number of carbonyl (C=O) groups is 3. The molecule has 0 amide bonds. The lowest BCUT2D eigenvalue weighted by molar-refractivity contribution is -0.163. The molecule has 0 unspecified atom stereocenters. The van der Waals surface area contributed by atoms with Crippen LogP contribution in [0.15, 0.2) is 22.8 Å². The van der Waals surface area contributed by atoms with Crippen molar-refractivity contribution >= 4 is 17.5 Å². The fraction of sp³-hybridized carbons (Fsp3) is 0.682. The van der Waals surface area contributed by atoms with Gasteiger partial charge in [-0.2, -0.15) is 0 Å². The molecule has 2 aliphatic rings. The van der Waals surface area contributed by atoms with Crippen LogP contribution in [-0.2, 0) is 23.9 Å². The average molecular weight is 376 g/mol. The van der Waals surface area contributed by atoms with E-state index in [-0.39, 0.29) is 36.4 Å². The number of esters is 1. The number of rotatable bonds is 5. The number of carbonyl (C=O) groups excluding carboxylic acids is 3. The second-order valence-corrected chi connectivity index (χ2v) is 8.49. The maximum Gasteiger partial charge on any atom is 0.334 e. The molecular formula is C22H32O5. The summed E-state index contributed by atoms with van der Waals surface area (Å²) in [6.45, 7) is 13.5. The minimum Gasteiger partial charge on any atom is -0.448 e. The number of ether oxygens (including phenoxy) is 2. The van der Waals surface area contributed by atoms with Gasteiger partial charge in [-0.1, -0.05) is 26.8 Å². The van der Waals surface area contributed by atoms with Gasteiger partial charge in [0.1, 0.15) is 0 Å². The highest BCUT2D eigenvalue weighted by Gasteiger charge is 2.54. The summed E-state index contributed by atoms with van der Waals surface area (Å²) in [7, 11) is 0. The second-order valence-electron chi connectivity index (χ2n) is 8.49. The van der Waals surface area contributed by atoms with Crippen molar-refractivity contribution in [3.8, 4) is 0 Å². The lowest BCUT2D eigenvalue weighted by Crippen LogP contribution is -2.42. The van der Waals surface area contributed by atoms with Gasteiger partial charge in [-0.05, 0) is 45.6 Å². The van der Waals surface area contributed by atoms with Gasteiger partial charge in [-0.3, -0.25) is 9.59 Å². The van der Waals surface area contributed by atoms with Crippen molar-refractivity contribution in [3.63, 3.8) is 0 Å². The van der Waals surface area contributed by atoms with Crippen molar-refractivity contribution in [2.75, 3.05) is 6.61 Å². The van der Waals surface area contributed by atoms with Gasteiger partial charge in [0.05, 0.1) is 12.5 Å². The summed E-state index contributed by atoms with van der Waals surface area (Å²) in [5.74, 6) is -0.716. The molecule has 5 nitrogen and oxygen atoms in total. The first kappa shape index (κ1) is 21.5.